The largest absolute Gasteiger partial charge is 0.508 e. The van der Waals surface area contributed by atoms with Crippen LogP contribution in [-0.2, 0) is 5.41 Å². The molecule has 2 rings (SSSR count). The van der Waals surface area contributed by atoms with Crippen LogP contribution in [0.3, 0.4) is 0 Å². The Morgan fingerprint density at radius 3 is 1.90 bits per heavy atom. The minimum absolute atomic E-state index is 0.00895. The zero-order valence-corrected chi connectivity index (χ0v) is 14.3. The molecule has 0 saturated heterocycles. The van der Waals surface area contributed by atoms with Crippen molar-refractivity contribution in [2.45, 2.75) is 72.5 Å². The normalized spacial score (nSPS) is 22.2. The van der Waals surface area contributed by atoms with Crippen LogP contribution >= 0.6 is 0 Å². The molecule has 0 saturated carbocycles. The maximum absolute atomic E-state index is 10.4. The average molecular weight is 292 g/mol. The van der Waals surface area contributed by atoms with E-state index in [1.807, 2.05) is 19.9 Å². The molecule has 1 aromatic carbocycles. The quantitative estimate of drug-likeness (QED) is 0.862. The van der Waals surface area contributed by atoms with Crippen LogP contribution in [0.1, 0.15) is 60.5 Å². The molecule has 2 unspecified atom stereocenters. The Kier molecular flexibility index (Phi) is 3.90. The van der Waals surface area contributed by atoms with Crippen LogP contribution in [-0.4, -0.2) is 17.3 Å². The van der Waals surface area contributed by atoms with Gasteiger partial charge in [-0.15, -0.1) is 0 Å². The van der Waals surface area contributed by atoms with Crippen LogP contribution in [0.2, 0.25) is 0 Å². The molecule has 1 aliphatic heterocycles. The van der Waals surface area contributed by atoms with Crippen LogP contribution in [0.4, 0.5) is 0 Å². The number of fused-ring (bicyclic) bond motifs is 1. The molecule has 0 aliphatic carbocycles. The maximum atomic E-state index is 10.4. The molecule has 118 valence electrons. The van der Waals surface area contributed by atoms with Gasteiger partial charge in [-0.05, 0) is 37.2 Å². The Hall–Kier alpha value is -1.38. The second-order valence-electron chi connectivity index (χ2n) is 8.08. The number of phenolic OH excluding ortho intramolecular Hbond substituents is 1. The number of aromatic hydroxyl groups is 1. The number of benzene rings is 1. The lowest BCUT2D eigenvalue weighted by atomic mass is 9.72. The minimum atomic E-state index is -0.132. The highest BCUT2D eigenvalue weighted by Gasteiger charge is 2.33. The predicted molar refractivity (Wildman–Crippen MR) is 85.4 cm³/mol. The van der Waals surface area contributed by atoms with Crippen molar-refractivity contribution < 1.29 is 14.6 Å². The lowest BCUT2D eigenvalue weighted by Gasteiger charge is -2.35. The Bertz CT molecular complexity index is 526. The average Bonchev–Trinajstić information content (AvgIpc) is 2.27. The van der Waals surface area contributed by atoms with Crippen LogP contribution in [0.5, 0.6) is 17.2 Å². The molecule has 0 bridgehead atoms. The van der Waals surface area contributed by atoms with Crippen molar-refractivity contribution in [1.29, 1.82) is 0 Å². The van der Waals surface area contributed by atoms with Gasteiger partial charge >= 0.3 is 0 Å². The van der Waals surface area contributed by atoms with Crippen molar-refractivity contribution in [2.75, 3.05) is 0 Å². The van der Waals surface area contributed by atoms with Crippen LogP contribution in [0.25, 0.3) is 0 Å². The summed E-state index contributed by atoms with van der Waals surface area (Å²) >= 11 is 0. The molecule has 3 heteroatoms. The van der Waals surface area contributed by atoms with Gasteiger partial charge in [0.05, 0.1) is 0 Å². The fraction of sp³-hybridized carbons (Fsp3) is 0.667. The third kappa shape index (κ3) is 3.45. The van der Waals surface area contributed by atoms with E-state index in [-0.39, 0.29) is 28.8 Å². The summed E-state index contributed by atoms with van der Waals surface area (Å²) in [5, 5.41) is 10.4. The second kappa shape index (κ2) is 5.11. The maximum Gasteiger partial charge on any atom is 0.165 e. The van der Waals surface area contributed by atoms with Gasteiger partial charge in [-0.1, -0.05) is 34.6 Å². The molecule has 0 radical (unpaired) electrons. The van der Waals surface area contributed by atoms with Crippen molar-refractivity contribution in [3.05, 3.63) is 17.7 Å². The summed E-state index contributed by atoms with van der Waals surface area (Å²) in [6.07, 6.45) is 0.977. The van der Waals surface area contributed by atoms with Crippen molar-refractivity contribution in [2.24, 2.45) is 5.41 Å². The van der Waals surface area contributed by atoms with Crippen molar-refractivity contribution in [3.63, 3.8) is 0 Å². The zero-order valence-electron chi connectivity index (χ0n) is 14.3. The SMILES string of the molecule is CC1Oc2cc(O)c(C(C)(C)CC(C)(C)C)cc2OC1C. The lowest BCUT2D eigenvalue weighted by Crippen LogP contribution is -2.35. The monoisotopic (exact) mass is 292 g/mol. The van der Waals surface area contributed by atoms with E-state index in [0.717, 1.165) is 17.7 Å². The first kappa shape index (κ1) is 16.0. The highest BCUT2D eigenvalue weighted by molar-refractivity contribution is 5.53. The van der Waals surface area contributed by atoms with E-state index < -0.39 is 0 Å². The molecule has 0 spiro atoms. The summed E-state index contributed by atoms with van der Waals surface area (Å²) in [5.74, 6) is 1.65. The number of ether oxygens (including phenoxy) is 2. The molecule has 0 fully saturated rings. The van der Waals surface area contributed by atoms with Gasteiger partial charge in [-0.25, -0.2) is 0 Å². The number of phenols is 1. The van der Waals surface area contributed by atoms with E-state index in [9.17, 15) is 5.11 Å². The van der Waals surface area contributed by atoms with E-state index in [4.69, 9.17) is 9.47 Å². The smallest absolute Gasteiger partial charge is 0.165 e. The van der Waals surface area contributed by atoms with Gasteiger partial charge in [-0.3, -0.25) is 0 Å². The minimum Gasteiger partial charge on any atom is -0.508 e. The van der Waals surface area contributed by atoms with Gasteiger partial charge in [0.1, 0.15) is 18.0 Å². The molecule has 0 aromatic heterocycles. The van der Waals surface area contributed by atoms with E-state index in [2.05, 4.69) is 34.6 Å². The van der Waals surface area contributed by atoms with Gasteiger partial charge in [0.2, 0.25) is 0 Å². The van der Waals surface area contributed by atoms with E-state index in [1.165, 1.54) is 0 Å². The molecule has 21 heavy (non-hydrogen) atoms. The Balaban J connectivity index is 2.40. The van der Waals surface area contributed by atoms with Crippen LogP contribution in [0, 0.1) is 5.41 Å². The molecular weight excluding hydrogens is 264 g/mol. The van der Waals surface area contributed by atoms with E-state index >= 15 is 0 Å². The zero-order chi connectivity index (χ0) is 16.0. The molecular formula is C18H28O3. The Morgan fingerprint density at radius 1 is 0.952 bits per heavy atom. The van der Waals surface area contributed by atoms with E-state index in [1.54, 1.807) is 6.07 Å². The topological polar surface area (TPSA) is 38.7 Å². The van der Waals surface area contributed by atoms with Gasteiger partial charge in [0.15, 0.2) is 11.5 Å². The van der Waals surface area contributed by atoms with Crippen LogP contribution in [0.15, 0.2) is 12.1 Å². The van der Waals surface area contributed by atoms with Crippen LogP contribution < -0.4 is 9.47 Å². The molecule has 3 nitrogen and oxygen atoms in total. The molecule has 1 aromatic rings. The van der Waals surface area contributed by atoms with Gasteiger partial charge < -0.3 is 14.6 Å². The Labute approximate surface area is 128 Å². The fourth-order valence-corrected chi connectivity index (χ4v) is 3.29. The molecule has 1 heterocycles. The second-order valence-corrected chi connectivity index (χ2v) is 8.08. The van der Waals surface area contributed by atoms with Gasteiger partial charge in [-0.2, -0.15) is 0 Å². The number of rotatable bonds is 2. The van der Waals surface area contributed by atoms with Crippen molar-refractivity contribution >= 4 is 0 Å². The third-order valence-corrected chi connectivity index (χ3v) is 4.05. The third-order valence-electron chi connectivity index (χ3n) is 4.05. The number of hydrogen-bond donors (Lipinski definition) is 1. The first-order valence-corrected chi connectivity index (χ1v) is 7.70. The van der Waals surface area contributed by atoms with Crippen molar-refractivity contribution in [1.82, 2.24) is 0 Å². The summed E-state index contributed by atoms with van der Waals surface area (Å²) < 4.78 is 11.7. The summed E-state index contributed by atoms with van der Waals surface area (Å²) in [6.45, 7) is 14.9. The molecule has 0 amide bonds. The van der Waals surface area contributed by atoms with Crippen molar-refractivity contribution in [3.8, 4) is 17.2 Å². The van der Waals surface area contributed by atoms with Gasteiger partial charge in [0.25, 0.3) is 0 Å². The fourth-order valence-electron chi connectivity index (χ4n) is 3.29. The molecule has 2 atom stereocenters. The Morgan fingerprint density at radius 2 is 1.43 bits per heavy atom. The molecule has 1 aliphatic rings. The number of hydrogen-bond acceptors (Lipinski definition) is 3. The first-order valence-electron chi connectivity index (χ1n) is 7.70. The highest BCUT2D eigenvalue weighted by Crippen LogP contribution is 2.46. The summed E-state index contributed by atoms with van der Waals surface area (Å²) in [7, 11) is 0. The predicted octanol–water partition coefficient (Wildman–Crippen LogP) is 4.65. The molecule has 1 N–H and O–H groups in total. The lowest BCUT2D eigenvalue weighted by molar-refractivity contribution is 0.0423. The standard InChI is InChI=1S/C18H28O3/c1-11-12(2)21-16-9-14(19)13(8-15(16)20-11)18(6,7)10-17(3,4)5/h8-9,11-12,19H,10H2,1-7H3. The summed E-state index contributed by atoms with van der Waals surface area (Å²) in [5.41, 5.74) is 0.972. The first-order chi connectivity index (χ1) is 9.49. The van der Waals surface area contributed by atoms with Gasteiger partial charge in [0, 0.05) is 11.6 Å². The highest BCUT2D eigenvalue weighted by atomic mass is 16.6. The summed E-state index contributed by atoms with van der Waals surface area (Å²) in [6, 6.07) is 3.64. The summed E-state index contributed by atoms with van der Waals surface area (Å²) in [4.78, 5) is 0. The van der Waals surface area contributed by atoms with E-state index in [0.29, 0.717) is 5.75 Å².